The van der Waals surface area contributed by atoms with Gasteiger partial charge in [0.05, 0.1) is 5.56 Å². The van der Waals surface area contributed by atoms with E-state index in [2.05, 4.69) is 12.2 Å². The lowest BCUT2D eigenvalue weighted by Crippen LogP contribution is -2.45. The van der Waals surface area contributed by atoms with Gasteiger partial charge in [0, 0.05) is 43.5 Å². The number of rotatable bonds is 5. The van der Waals surface area contributed by atoms with Crippen LogP contribution in [0, 0.1) is 11.8 Å². The third-order valence-corrected chi connectivity index (χ3v) is 10.8. The van der Waals surface area contributed by atoms with Gasteiger partial charge in [0.15, 0.2) is 0 Å². The number of piperidine rings is 2. The number of hydrogen-bond donors (Lipinski definition) is 1. The number of nitrogens with one attached hydrogen (secondary N) is 1. The minimum Gasteiger partial charge on any atom is -0.353 e. The summed E-state index contributed by atoms with van der Waals surface area (Å²) in [5.74, 6) is 0.513. The Hall–Kier alpha value is -1.45. The summed E-state index contributed by atoms with van der Waals surface area (Å²) in [6.45, 7) is 4.34. The van der Waals surface area contributed by atoms with Crippen molar-refractivity contribution in [1.29, 1.82) is 0 Å². The highest BCUT2D eigenvalue weighted by atomic mass is 32.2. The first-order valence-corrected chi connectivity index (χ1v) is 14.8. The molecule has 33 heavy (non-hydrogen) atoms. The molecule has 0 atom stereocenters. The molecule has 3 heterocycles. The predicted octanol–water partition coefficient (Wildman–Crippen LogP) is 3.86. The summed E-state index contributed by atoms with van der Waals surface area (Å²) < 4.78 is 28.1. The summed E-state index contributed by atoms with van der Waals surface area (Å²) in [5.41, 5.74) is 0.464. The molecule has 0 spiro atoms. The van der Waals surface area contributed by atoms with Gasteiger partial charge in [0.2, 0.25) is 5.91 Å². The van der Waals surface area contributed by atoms with E-state index in [-0.39, 0.29) is 28.0 Å². The van der Waals surface area contributed by atoms with Crippen molar-refractivity contribution in [2.45, 2.75) is 81.4 Å². The van der Waals surface area contributed by atoms with Crippen molar-refractivity contribution in [1.82, 2.24) is 14.5 Å². The second-order valence-electron chi connectivity index (χ2n) is 10.0. The number of carbonyl (C=O) groups is 2. The lowest BCUT2D eigenvalue weighted by Gasteiger charge is -2.31. The number of likely N-dealkylation sites (tertiary alicyclic amines) is 1. The molecule has 1 aliphatic carbocycles. The van der Waals surface area contributed by atoms with Crippen LogP contribution in [0.15, 0.2) is 15.7 Å². The highest BCUT2D eigenvalue weighted by Crippen LogP contribution is 2.29. The van der Waals surface area contributed by atoms with E-state index in [1.807, 2.05) is 4.90 Å². The Labute approximate surface area is 202 Å². The van der Waals surface area contributed by atoms with E-state index in [0.29, 0.717) is 37.4 Å². The molecule has 1 N–H and O–H groups in total. The Balaban J connectivity index is 1.31. The Morgan fingerprint density at radius 1 is 0.939 bits per heavy atom. The van der Waals surface area contributed by atoms with Crippen molar-refractivity contribution < 1.29 is 18.0 Å². The van der Waals surface area contributed by atoms with Gasteiger partial charge in [0.1, 0.15) is 4.21 Å². The van der Waals surface area contributed by atoms with Crippen LogP contribution in [0.2, 0.25) is 0 Å². The molecule has 3 aliphatic rings. The van der Waals surface area contributed by atoms with E-state index in [4.69, 9.17) is 0 Å². The fourth-order valence-corrected chi connectivity index (χ4v) is 7.96. The molecule has 2 aliphatic heterocycles. The standard InChI is InChI=1S/C24H37N3O4S2/c1-18-8-12-26(13-9-18)24(29)20-16-22(32-17-20)33(30,31)27-14-10-19(11-15-27)23(28)25-21-6-4-2-3-5-7-21/h16-19,21H,2-15H2,1H3,(H,25,28). The number of carbonyl (C=O) groups excluding carboxylic acids is 2. The monoisotopic (exact) mass is 495 g/mol. The summed E-state index contributed by atoms with van der Waals surface area (Å²) in [5, 5.41) is 4.88. The van der Waals surface area contributed by atoms with Gasteiger partial charge in [-0.2, -0.15) is 4.31 Å². The Morgan fingerprint density at radius 2 is 1.58 bits per heavy atom. The summed E-state index contributed by atoms with van der Waals surface area (Å²) >= 11 is 1.12. The van der Waals surface area contributed by atoms with E-state index in [1.165, 1.54) is 36.1 Å². The zero-order valence-corrected chi connectivity index (χ0v) is 21.3. The first-order valence-electron chi connectivity index (χ1n) is 12.5. The quantitative estimate of drug-likeness (QED) is 0.629. The molecule has 0 aromatic carbocycles. The topological polar surface area (TPSA) is 86.8 Å². The maximum atomic E-state index is 13.2. The number of sulfonamides is 1. The van der Waals surface area contributed by atoms with Gasteiger partial charge in [-0.15, -0.1) is 11.3 Å². The molecule has 3 fully saturated rings. The van der Waals surface area contributed by atoms with Gasteiger partial charge in [-0.3, -0.25) is 9.59 Å². The van der Waals surface area contributed by atoms with Gasteiger partial charge in [-0.25, -0.2) is 8.42 Å². The lowest BCUT2D eigenvalue weighted by atomic mass is 9.96. The Morgan fingerprint density at radius 3 is 2.21 bits per heavy atom. The first-order chi connectivity index (χ1) is 15.8. The van der Waals surface area contributed by atoms with Crippen molar-refractivity contribution in [3.8, 4) is 0 Å². The normalized spacial score (nSPS) is 22.8. The highest BCUT2D eigenvalue weighted by molar-refractivity contribution is 7.91. The third-order valence-electron chi connectivity index (χ3n) is 7.51. The second kappa shape index (κ2) is 10.9. The van der Waals surface area contributed by atoms with Crippen LogP contribution in [0.25, 0.3) is 0 Å². The average molecular weight is 496 g/mol. The van der Waals surface area contributed by atoms with Crippen LogP contribution in [-0.4, -0.2) is 61.7 Å². The molecule has 4 rings (SSSR count). The largest absolute Gasteiger partial charge is 0.353 e. The fourth-order valence-electron chi connectivity index (χ4n) is 5.19. The van der Waals surface area contributed by atoms with Crippen LogP contribution in [-0.2, 0) is 14.8 Å². The van der Waals surface area contributed by atoms with E-state index in [1.54, 1.807) is 5.38 Å². The fraction of sp³-hybridized carbons (Fsp3) is 0.750. The zero-order valence-electron chi connectivity index (χ0n) is 19.6. The van der Waals surface area contributed by atoms with Crippen LogP contribution in [0.4, 0.5) is 0 Å². The van der Waals surface area contributed by atoms with Crippen molar-refractivity contribution in [2.24, 2.45) is 11.8 Å². The third kappa shape index (κ3) is 5.98. The molecule has 0 bridgehead atoms. The minimum atomic E-state index is -3.65. The molecule has 9 heteroatoms. The smallest absolute Gasteiger partial charge is 0.254 e. The lowest BCUT2D eigenvalue weighted by molar-refractivity contribution is -0.126. The van der Waals surface area contributed by atoms with E-state index in [9.17, 15) is 18.0 Å². The Kier molecular flexibility index (Phi) is 8.12. The molecule has 1 aromatic rings. The number of amides is 2. The zero-order chi connectivity index (χ0) is 23.4. The second-order valence-corrected chi connectivity index (χ2v) is 13.1. The molecule has 1 aromatic heterocycles. The summed E-state index contributed by atoms with van der Waals surface area (Å²) in [7, 11) is -3.65. The maximum Gasteiger partial charge on any atom is 0.254 e. The van der Waals surface area contributed by atoms with E-state index >= 15 is 0 Å². The average Bonchev–Trinajstić information content (AvgIpc) is 3.19. The van der Waals surface area contributed by atoms with Gasteiger partial charge >= 0.3 is 0 Å². The number of hydrogen-bond acceptors (Lipinski definition) is 5. The molecular weight excluding hydrogens is 458 g/mol. The molecule has 184 valence electrons. The maximum absolute atomic E-state index is 13.2. The van der Waals surface area contributed by atoms with Crippen molar-refractivity contribution in [3.05, 3.63) is 17.0 Å². The minimum absolute atomic E-state index is 0.0755. The van der Waals surface area contributed by atoms with Crippen LogP contribution in [0.5, 0.6) is 0 Å². The molecule has 0 unspecified atom stereocenters. The predicted molar refractivity (Wildman–Crippen MR) is 130 cm³/mol. The van der Waals surface area contributed by atoms with Crippen molar-refractivity contribution >= 4 is 33.2 Å². The van der Waals surface area contributed by atoms with Crippen molar-refractivity contribution in [2.75, 3.05) is 26.2 Å². The molecule has 0 radical (unpaired) electrons. The van der Waals surface area contributed by atoms with Gasteiger partial charge in [-0.05, 0) is 50.5 Å². The molecule has 2 saturated heterocycles. The Bertz CT molecular complexity index is 921. The SMILES string of the molecule is CC1CCN(C(=O)c2csc(S(=O)(=O)N3CCC(C(=O)NC4CCCCCC4)CC3)c2)CC1. The van der Waals surface area contributed by atoms with Gasteiger partial charge < -0.3 is 10.2 Å². The number of thiophene rings is 1. The van der Waals surface area contributed by atoms with Crippen LogP contribution in [0.3, 0.4) is 0 Å². The van der Waals surface area contributed by atoms with Gasteiger partial charge in [-0.1, -0.05) is 32.6 Å². The summed E-state index contributed by atoms with van der Waals surface area (Å²) in [6.07, 6.45) is 10.00. The van der Waals surface area contributed by atoms with Gasteiger partial charge in [0.25, 0.3) is 15.9 Å². The van der Waals surface area contributed by atoms with Crippen LogP contribution < -0.4 is 5.32 Å². The van der Waals surface area contributed by atoms with E-state index in [0.717, 1.165) is 50.1 Å². The molecule has 1 saturated carbocycles. The molecule has 7 nitrogen and oxygen atoms in total. The van der Waals surface area contributed by atoms with Crippen LogP contribution in [0.1, 0.15) is 81.5 Å². The molecular formula is C24H37N3O4S2. The van der Waals surface area contributed by atoms with Crippen LogP contribution >= 0.6 is 11.3 Å². The summed E-state index contributed by atoms with van der Waals surface area (Å²) in [4.78, 5) is 27.4. The first kappa shape index (κ1) is 24.7. The van der Waals surface area contributed by atoms with Crippen molar-refractivity contribution in [3.63, 3.8) is 0 Å². The number of nitrogens with zero attached hydrogens (tertiary/aromatic N) is 2. The van der Waals surface area contributed by atoms with E-state index < -0.39 is 10.0 Å². The molecule has 2 amide bonds. The summed E-state index contributed by atoms with van der Waals surface area (Å²) in [6, 6.07) is 1.80. The highest BCUT2D eigenvalue weighted by Gasteiger charge is 2.34.